The zero-order chi connectivity index (χ0) is 8.10. The molecule has 1 rings (SSSR count). The van der Waals surface area contributed by atoms with Gasteiger partial charge in [-0.2, -0.15) is 0 Å². The van der Waals surface area contributed by atoms with Gasteiger partial charge in [0.2, 0.25) is 0 Å². The van der Waals surface area contributed by atoms with Gasteiger partial charge >= 0.3 is 26.6 Å². The molecule has 0 N–H and O–H groups in total. The van der Waals surface area contributed by atoms with E-state index in [2.05, 4.69) is 6.58 Å². The molecule has 0 spiro atoms. The summed E-state index contributed by atoms with van der Waals surface area (Å²) in [6.45, 7) is 3.51. The van der Waals surface area contributed by atoms with Gasteiger partial charge < -0.3 is 0 Å². The van der Waals surface area contributed by atoms with Crippen LogP contribution in [0.4, 0.5) is 0 Å². The van der Waals surface area contributed by atoms with Crippen LogP contribution in [0.1, 0.15) is 16.8 Å². The van der Waals surface area contributed by atoms with Crippen LogP contribution in [0, 0.1) is 0 Å². The van der Waals surface area contributed by atoms with E-state index in [9.17, 15) is 4.79 Å². The van der Waals surface area contributed by atoms with E-state index >= 15 is 0 Å². The molecular formula is C10H12OPo. The molecule has 0 amide bonds. The molecule has 0 aliphatic heterocycles. The van der Waals surface area contributed by atoms with Crippen LogP contribution in [0.3, 0.4) is 0 Å². The minimum atomic E-state index is 0. The minimum absolute atomic E-state index is 0. The summed E-state index contributed by atoms with van der Waals surface area (Å²) in [5.41, 5.74) is 0.757. The molecule has 0 atom stereocenters. The first-order valence-electron chi connectivity index (χ1n) is 3.53. The quantitative estimate of drug-likeness (QED) is 0.593. The Balaban J connectivity index is 0.00000121. The molecule has 1 aromatic rings. The molecule has 0 aromatic heterocycles. The Morgan fingerprint density at radius 3 is 2.42 bits per heavy atom. The monoisotopic (exact) mass is 357 g/mol. The zero-order valence-corrected chi connectivity index (χ0v) is 10.7. The van der Waals surface area contributed by atoms with Gasteiger partial charge in [0.1, 0.15) is 0 Å². The normalized spacial score (nSPS) is 8.33. The van der Waals surface area contributed by atoms with E-state index in [1.165, 1.54) is 0 Å². The molecule has 0 aliphatic carbocycles. The van der Waals surface area contributed by atoms with E-state index in [1.807, 2.05) is 30.3 Å². The topological polar surface area (TPSA) is 17.1 Å². The second-order valence-electron chi connectivity index (χ2n) is 2.28. The Bertz CT molecular complexity index is 254. The fourth-order valence-corrected chi connectivity index (χ4v) is 0.873. The molecule has 0 radical (unpaired) electrons. The average Bonchev–Trinajstić information content (AvgIpc) is 2.07. The van der Waals surface area contributed by atoms with Gasteiger partial charge in [0, 0.05) is 12.0 Å². The standard InChI is InChI=1S/C10H10O.Po.2H/c1-2-6-10(11)9-7-4-3-5-8-9;;;/h2-5,7-8H,1,6H2;;;. The first-order valence-corrected chi connectivity index (χ1v) is 3.53. The van der Waals surface area contributed by atoms with Crippen molar-refractivity contribution in [3.8, 4) is 0 Å². The van der Waals surface area contributed by atoms with Crippen LogP contribution >= 0.6 is 0 Å². The summed E-state index contributed by atoms with van der Waals surface area (Å²) in [4.78, 5) is 11.2. The number of allylic oxidation sites excluding steroid dienone is 1. The van der Waals surface area contributed by atoms with Crippen molar-refractivity contribution in [1.29, 1.82) is 0 Å². The molecule has 2 heteroatoms. The Morgan fingerprint density at radius 1 is 1.33 bits per heavy atom. The molecule has 1 aromatic carbocycles. The summed E-state index contributed by atoms with van der Waals surface area (Å²) >= 11 is 0. The Hall–Kier alpha value is -0.474. The zero-order valence-electron chi connectivity index (χ0n) is 6.79. The molecule has 64 valence electrons. The van der Waals surface area contributed by atoms with Crippen molar-refractivity contribution in [1.82, 2.24) is 0 Å². The van der Waals surface area contributed by atoms with Crippen molar-refractivity contribution in [3.05, 3.63) is 48.6 Å². The Kier molecular flexibility index (Phi) is 5.85. The number of rotatable bonds is 3. The van der Waals surface area contributed by atoms with Gasteiger partial charge in [0.25, 0.3) is 0 Å². The number of hydrogen-bond donors (Lipinski definition) is 0. The molecule has 12 heavy (non-hydrogen) atoms. The summed E-state index contributed by atoms with van der Waals surface area (Å²) in [7, 11) is 0. The molecule has 0 aliphatic rings. The second-order valence-corrected chi connectivity index (χ2v) is 2.28. The van der Waals surface area contributed by atoms with Gasteiger partial charge in [0.15, 0.2) is 5.78 Å². The number of hydrogen-bond acceptors (Lipinski definition) is 1. The van der Waals surface area contributed by atoms with Crippen LogP contribution in [0.15, 0.2) is 43.0 Å². The Morgan fingerprint density at radius 2 is 1.92 bits per heavy atom. The third-order valence-corrected chi connectivity index (χ3v) is 1.43. The molecule has 0 saturated carbocycles. The fourth-order valence-electron chi connectivity index (χ4n) is 0.873. The van der Waals surface area contributed by atoms with Crippen molar-refractivity contribution in [3.63, 3.8) is 0 Å². The maximum atomic E-state index is 11.2. The molecular weight excluding hydrogens is 345 g/mol. The van der Waals surface area contributed by atoms with Crippen molar-refractivity contribution in [2.45, 2.75) is 6.42 Å². The molecule has 1 nitrogen and oxygen atoms in total. The van der Waals surface area contributed by atoms with Gasteiger partial charge in [-0.15, -0.1) is 6.58 Å². The van der Waals surface area contributed by atoms with Gasteiger partial charge in [-0.25, -0.2) is 0 Å². The molecule has 0 unspecified atom stereocenters. The van der Waals surface area contributed by atoms with Crippen LogP contribution in [-0.2, 0) is 0 Å². The van der Waals surface area contributed by atoms with Crippen molar-refractivity contribution in [2.24, 2.45) is 0 Å². The van der Waals surface area contributed by atoms with Crippen molar-refractivity contribution >= 4 is 32.3 Å². The van der Waals surface area contributed by atoms with Crippen LogP contribution < -0.4 is 0 Å². The fraction of sp³-hybridized carbons (Fsp3) is 0.100. The Labute approximate surface area is 92.0 Å². The number of ketones is 1. The summed E-state index contributed by atoms with van der Waals surface area (Å²) in [5, 5.41) is 0. The predicted molar refractivity (Wildman–Crippen MR) is 54.1 cm³/mol. The second kappa shape index (κ2) is 6.09. The third kappa shape index (κ3) is 3.28. The summed E-state index contributed by atoms with van der Waals surface area (Å²) < 4.78 is 0. The van der Waals surface area contributed by atoms with Gasteiger partial charge in [0.05, 0.1) is 0 Å². The van der Waals surface area contributed by atoms with Gasteiger partial charge in [-0.3, -0.25) is 4.79 Å². The number of Topliss-reactive ketones (excluding diaryl/α,β-unsaturated/α-hetero) is 1. The van der Waals surface area contributed by atoms with Crippen molar-refractivity contribution < 1.29 is 4.79 Å². The maximum absolute atomic E-state index is 11.2. The number of carbonyl (C=O) groups is 1. The summed E-state index contributed by atoms with van der Waals surface area (Å²) in [6, 6.07) is 9.23. The van der Waals surface area contributed by atoms with E-state index in [1.54, 1.807) is 6.08 Å². The third-order valence-electron chi connectivity index (χ3n) is 1.43. The van der Waals surface area contributed by atoms with Crippen LogP contribution in [-0.4, -0.2) is 32.3 Å². The predicted octanol–water partition coefficient (Wildman–Crippen LogP) is 1.53. The van der Waals surface area contributed by atoms with Crippen molar-refractivity contribution in [2.75, 3.05) is 0 Å². The molecule has 0 fully saturated rings. The van der Waals surface area contributed by atoms with Crippen LogP contribution in [0.5, 0.6) is 0 Å². The average molecular weight is 357 g/mol. The van der Waals surface area contributed by atoms with E-state index in [4.69, 9.17) is 0 Å². The summed E-state index contributed by atoms with van der Waals surface area (Å²) in [5.74, 6) is 0.126. The first kappa shape index (κ1) is 11.5. The first-order chi connectivity index (χ1) is 5.34. The molecule has 0 heterocycles. The van der Waals surface area contributed by atoms with Crippen LogP contribution in [0.2, 0.25) is 0 Å². The van der Waals surface area contributed by atoms with Crippen LogP contribution in [0.25, 0.3) is 0 Å². The number of benzene rings is 1. The summed E-state index contributed by atoms with van der Waals surface area (Å²) in [6.07, 6.45) is 2.04. The van der Waals surface area contributed by atoms with E-state index in [0.29, 0.717) is 6.42 Å². The van der Waals surface area contributed by atoms with E-state index in [-0.39, 0.29) is 32.3 Å². The van der Waals surface area contributed by atoms with E-state index < -0.39 is 0 Å². The van der Waals surface area contributed by atoms with E-state index in [0.717, 1.165) is 5.56 Å². The molecule has 0 bridgehead atoms. The van der Waals surface area contributed by atoms with Gasteiger partial charge in [-0.05, 0) is 0 Å². The SMILES string of the molecule is C=CCC(=O)c1ccccc1.[PoH2]. The molecule has 0 saturated heterocycles. The number of carbonyl (C=O) groups excluding carboxylic acids is 1. The van der Waals surface area contributed by atoms with Gasteiger partial charge in [-0.1, -0.05) is 36.4 Å².